The van der Waals surface area contributed by atoms with E-state index in [0.717, 1.165) is 5.69 Å². The number of nitrogens with zero attached hydrogens (tertiary/aromatic N) is 2. The summed E-state index contributed by atoms with van der Waals surface area (Å²) < 4.78 is 4.69. The fourth-order valence-electron chi connectivity index (χ4n) is 1.84. The number of para-hydroxylation sites is 1. The lowest BCUT2D eigenvalue weighted by Gasteiger charge is -2.09. The maximum absolute atomic E-state index is 12.2. The van der Waals surface area contributed by atoms with E-state index in [1.807, 2.05) is 13.8 Å². The van der Waals surface area contributed by atoms with Gasteiger partial charge in [0, 0.05) is 0 Å². The number of methoxy groups -OCH3 is 1. The standard InChI is InChI=1S/C16H17N3O3/c1-10(2)12-8-9-14(19-18-12)15(20)17-13-7-5-4-6-11(13)16(21)22-3/h4-10H,1-3H3,(H,17,20). The van der Waals surface area contributed by atoms with Gasteiger partial charge in [-0.25, -0.2) is 4.79 Å². The first-order valence-electron chi connectivity index (χ1n) is 6.85. The van der Waals surface area contributed by atoms with Gasteiger partial charge >= 0.3 is 5.97 Å². The molecule has 0 spiro atoms. The zero-order chi connectivity index (χ0) is 16.1. The number of carbonyl (C=O) groups excluding carboxylic acids is 2. The molecule has 0 bridgehead atoms. The topological polar surface area (TPSA) is 81.2 Å². The highest BCUT2D eigenvalue weighted by atomic mass is 16.5. The Hall–Kier alpha value is -2.76. The summed E-state index contributed by atoms with van der Waals surface area (Å²) in [6.07, 6.45) is 0. The number of rotatable bonds is 4. The van der Waals surface area contributed by atoms with Gasteiger partial charge in [-0.3, -0.25) is 4.79 Å². The molecule has 0 aliphatic rings. The quantitative estimate of drug-likeness (QED) is 0.878. The van der Waals surface area contributed by atoms with E-state index in [2.05, 4.69) is 20.3 Å². The van der Waals surface area contributed by atoms with Crippen molar-refractivity contribution in [2.45, 2.75) is 19.8 Å². The van der Waals surface area contributed by atoms with Gasteiger partial charge in [-0.2, -0.15) is 5.10 Å². The molecule has 6 nitrogen and oxygen atoms in total. The van der Waals surface area contributed by atoms with E-state index in [4.69, 9.17) is 0 Å². The zero-order valence-electron chi connectivity index (χ0n) is 12.7. The highest BCUT2D eigenvalue weighted by molar-refractivity contribution is 6.06. The first kappa shape index (κ1) is 15.6. The first-order chi connectivity index (χ1) is 10.5. The van der Waals surface area contributed by atoms with Gasteiger partial charge in [0.2, 0.25) is 0 Å². The van der Waals surface area contributed by atoms with E-state index in [1.165, 1.54) is 7.11 Å². The van der Waals surface area contributed by atoms with Crippen LogP contribution in [0.3, 0.4) is 0 Å². The summed E-state index contributed by atoms with van der Waals surface area (Å²) in [6, 6.07) is 9.99. The van der Waals surface area contributed by atoms with E-state index in [0.29, 0.717) is 5.69 Å². The summed E-state index contributed by atoms with van der Waals surface area (Å²) in [6.45, 7) is 3.99. The lowest BCUT2D eigenvalue weighted by Crippen LogP contribution is -2.17. The molecule has 1 aromatic heterocycles. The van der Waals surface area contributed by atoms with Gasteiger partial charge < -0.3 is 10.1 Å². The molecular formula is C16H17N3O3. The number of aromatic nitrogens is 2. The van der Waals surface area contributed by atoms with Gasteiger partial charge in [0.05, 0.1) is 24.1 Å². The summed E-state index contributed by atoms with van der Waals surface area (Å²) in [5.74, 6) is -0.707. The zero-order valence-corrected chi connectivity index (χ0v) is 12.7. The molecule has 6 heteroatoms. The van der Waals surface area contributed by atoms with Crippen molar-refractivity contribution in [1.82, 2.24) is 10.2 Å². The van der Waals surface area contributed by atoms with Crippen LogP contribution in [-0.4, -0.2) is 29.2 Å². The molecular weight excluding hydrogens is 282 g/mol. The molecule has 2 rings (SSSR count). The van der Waals surface area contributed by atoms with Crippen LogP contribution in [0.25, 0.3) is 0 Å². The number of hydrogen-bond donors (Lipinski definition) is 1. The van der Waals surface area contributed by atoms with Crippen molar-refractivity contribution < 1.29 is 14.3 Å². The van der Waals surface area contributed by atoms with E-state index in [9.17, 15) is 9.59 Å². The maximum Gasteiger partial charge on any atom is 0.339 e. The van der Waals surface area contributed by atoms with Crippen LogP contribution in [0.4, 0.5) is 5.69 Å². The summed E-state index contributed by atoms with van der Waals surface area (Å²) in [4.78, 5) is 23.9. The number of carbonyl (C=O) groups is 2. The van der Waals surface area contributed by atoms with Gasteiger partial charge in [0.25, 0.3) is 5.91 Å². The minimum Gasteiger partial charge on any atom is -0.465 e. The van der Waals surface area contributed by atoms with Crippen molar-refractivity contribution in [2.24, 2.45) is 0 Å². The van der Waals surface area contributed by atoms with Gasteiger partial charge in [0.1, 0.15) is 0 Å². The fraction of sp³-hybridized carbons (Fsp3) is 0.250. The Bertz CT molecular complexity index is 681. The summed E-state index contributed by atoms with van der Waals surface area (Å²) >= 11 is 0. The Morgan fingerprint density at radius 1 is 1.09 bits per heavy atom. The Morgan fingerprint density at radius 3 is 2.41 bits per heavy atom. The number of ether oxygens (including phenoxy) is 1. The average Bonchev–Trinajstić information content (AvgIpc) is 2.54. The van der Waals surface area contributed by atoms with Crippen LogP contribution in [0, 0.1) is 0 Å². The monoisotopic (exact) mass is 299 g/mol. The molecule has 0 fully saturated rings. The second-order valence-corrected chi connectivity index (χ2v) is 4.99. The smallest absolute Gasteiger partial charge is 0.339 e. The van der Waals surface area contributed by atoms with Crippen molar-refractivity contribution in [2.75, 3.05) is 12.4 Å². The molecule has 1 N–H and O–H groups in total. The number of esters is 1. The van der Waals surface area contributed by atoms with Crippen molar-refractivity contribution >= 4 is 17.6 Å². The van der Waals surface area contributed by atoms with Crippen LogP contribution < -0.4 is 5.32 Å². The van der Waals surface area contributed by atoms with Gasteiger partial charge in [-0.15, -0.1) is 5.10 Å². The van der Waals surface area contributed by atoms with E-state index >= 15 is 0 Å². The molecule has 1 amide bonds. The van der Waals surface area contributed by atoms with Crippen molar-refractivity contribution in [3.8, 4) is 0 Å². The predicted molar refractivity (Wildman–Crippen MR) is 81.9 cm³/mol. The van der Waals surface area contributed by atoms with Crippen LogP contribution in [0.15, 0.2) is 36.4 Å². The number of nitrogens with one attached hydrogen (secondary N) is 1. The van der Waals surface area contributed by atoms with Crippen molar-refractivity contribution in [1.29, 1.82) is 0 Å². The lowest BCUT2D eigenvalue weighted by molar-refractivity contribution is 0.0602. The van der Waals surface area contributed by atoms with Crippen molar-refractivity contribution in [3.05, 3.63) is 53.3 Å². The molecule has 1 aromatic carbocycles. The largest absolute Gasteiger partial charge is 0.465 e. The van der Waals surface area contributed by atoms with Crippen LogP contribution >= 0.6 is 0 Å². The molecule has 1 heterocycles. The molecule has 2 aromatic rings. The number of anilines is 1. The number of amides is 1. The molecule has 114 valence electrons. The highest BCUT2D eigenvalue weighted by Crippen LogP contribution is 2.17. The molecule has 0 aliphatic heterocycles. The van der Waals surface area contributed by atoms with Crippen LogP contribution in [0.5, 0.6) is 0 Å². The minimum atomic E-state index is -0.517. The van der Waals surface area contributed by atoms with Crippen LogP contribution in [0.1, 0.15) is 46.3 Å². The second-order valence-electron chi connectivity index (χ2n) is 4.99. The Balaban J connectivity index is 2.20. The molecule has 0 radical (unpaired) electrons. The first-order valence-corrected chi connectivity index (χ1v) is 6.85. The number of benzene rings is 1. The summed E-state index contributed by atoms with van der Waals surface area (Å²) in [7, 11) is 1.29. The van der Waals surface area contributed by atoms with Crippen molar-refractivity contribution in [3.63, 3.8) is 0 Å². The van der Waals surface area contributed by atoms with Gasteiger partial charge in [-0.05, 0) is 30.2 Å². The normalized spacial score (nSPS) is 10.4. The third kappa shape index (κ3) is 3.46. The molecule has 0 saturated carbocycles. The molecule has 0 saturated heterocycles. The minimum absolute atomic E-state index is 0.184. The van der Waals surface area contributed by atoms with E-state index < -0.39 is 11.9 Å². The Morgan fingerprint density at radius 2 is 1.82 bits per heavy atom. The third-order valence-corrected chi connectivity index (χ3v) is 3.09. The Labute approximate surface area is 128 Å². The molecule has 0 unspecified atom stereocenters. The molecule has 22 heavy (non-hydrogen) atoms. The number of hydrogen-bond acceptors (Lipinski definition) is 5. The maximum atomic E-state index is 12.2. The highest BCUT2D eigenvalue weighted by Gasteiger charge is 2.15. The predicted octanol–water partition coefficient (Wildman–Crippen LogP) is 2.64. The lowest BCUT2D eigenvalue weighted by atomic mass is 10.1. The SMILES string of the molecule is COC(=O)c1ccccc1NC(=O)c1ccc(C(C)C)nn1. The van der Waals surface area contributed by atoms with Crippen LogP contribution in [0.2, 0.25) is 0 Å². The second kappa shape index (κ2) is 6.80. The Kier molecular flexibility index (Phi) is 4.83. The van der Waals surface area contributed by atoms with E-state index in [1.54, 1.807) is 36.4 Å². The fourth-order valence-corrected chi connectivity index (χ4v) is 1.84. The van der Waals surface area contributed by atoms with Gasteiger partial charge in [0.15, 0.2) is 5.69 Å². The summed E-state index contributed by atoms with van der Waals surface area (Å²) in [5, 5.41) is 10.6. The summed E-state index contributed by atoms with van der Waals surface area (Å²) in [5.41, 5.74) is 1.65. The third-order valence-electron chi connectivity index (χ3n) is 3.09. The van der Waals surface area contributed by atoms with Crippen LogP contribution in [-0.2, 0) is 4.74 Å². The van der Waals surface area contributed by atoms with Gasteiger partial charge in [-0.1, -0.05) is 26.0 Å². The average molecular weight is 299 g/mol. The molecule has 0 atom stereocenters. The van der Waals surface area contributed by atoms with E-state index in [-0.39, 0.29) is 17.2 Å². The molecule has 0 aliphatic carbocycles.